The third-order valence-electron chi connectivity index (χ3n) is 3.99. The highest BCUT2D eigenvalue weighted by Gasteiger charge is 2.19. The quantitative estimate of drug-likeness (QED) is 0.897. The Balaban J connectivity index is 1.93. The van der Waals surface area contributed by atoms with Gasteiger partial charge in [-0.1, -0.05) is 12.1 Å². The molecule has 0 radical (unpaired) electrons. The van der Waals surface area contributed by atoms with Gasteiger partial charge in [-0.25, -0.2) is 9.97 Å². The van der Waals surface area contributed by atoms with Crippen LogP contribution in [0.25, 0.3) is 11.0 Å². The smallest absolute Gasteiger partial charge is 0.172 e. The van der Waals surface area contributed by atoms with Crippen molar-refractivity contribution >= 4 is 33.5 Å². The predicted octanol–water partition coefficient (Wildman–Crippen LogP) is 1.65. The lowest BCUT2D eigenvalue weighted by Crippen LogP contribution is -2.37. The van der Waals surface area contributed by atoms with Gasteiger partial charge in [0.05, 0.1) is 24.2 Å². The summed E-state index contributed by atoms with van der Waals surface area (Å²) in [5.74, 6) is 1.60. The van der Waals surface area contributed by atoms with E-state index in [-0.39, 0.29) is 5.25 Å². The highest BCUT2D eigenvalue weighted by Crippen LogP contribution is 2.25. The predicted molar refractivity (Wildman–Crippen MR) is 94.6 cm³/mol. The van der Waals surface area contributed by atoms with Crippen LogP contribution >= 0.6 is 0 Å². The molecule has 1 aliphatic heterocycles. The first-order valence-corrected chi connectivity index (χ1v) is 9.43. The topological polar surface area (TPSA) is 67.3 Å². The molecule has 1 aromatic heterocycles. The molecule has 23 heavy (non-hydrogen) atoms. The van der Waals surface area contributed by atoms with E-state index in [4.69, 9.17) is 14.7 Å². The minimum absolute atomic E-state index is 0.0563. The molecule has 0 unspecified atom stereocenters. The molecular weight excluding hydrogens is 312 g/mol. The van der Waals surface area contributed by atoms with Gasteiger partial charge in [0.15, 0.2) is 11.6 Å². The summed E-state index contributed by atoms with van der Waals surface area (Å²) in [5.41, 5.74) is 1.74. The van der Waals surface area contributed by atoms with Gasteiger partial charge in [0.1, 0.15) is 0 Å². The molecule has 0 amide bonds. The van der Waals surface area contributed by atoms with Gasteiger partial charge in [0, 0.05) is 41.9 Å². The summed E-state index contributed by atoms with van der Waals surface area (Å²) in [6, 6.07) is 7.85. The number of nitrogens with zero attached hydrogens (tertiary/aromatic N) is 3. The van der Waals surface area contributed by atoms with Crippen LogP contribution in [-0.2, 0) is 15.5 Å². The number of ether oxygens (including phenoxy) is 1. The second kappa shape index (κ2) is 7.23. The van der Waals surface area contributed by atoms with E-state index in [1.807, 2.05) is 31.2 Å². The maximum absolute atomic E-state index is 11.6. The lowest BCUT2D eigenvalue weighted by atomic mass is 10.3. The van der Waals surface area contributed by atoms with E-state index in [0.29, 0.717) is 19.8 Å². The van der Waals surface area contributed by atoms with E-state index in [1.165, 1.54) is 0 Å². The molecule has 2 heterocycles. The zero-order chi connectivity index (χ0) is 16.2. The summed E-state index contributed by atoms with van der Waals surface area (Å²) < 4.78 is 17.0. The van der Waals surface area contributed by atoms with Crippen molar-refractivity contribution < 1.29 is 8.95 Å². The Kier molecular flexibility index (Phi) is 5.07. The van der Waals surface area contributed by atoms with Gasteiger partial charge in [-0.15, -0.1) is 0 Å². The van der Waals surface area contributed by atoms with Crippen molar-refractivity contribution in [3.63, 3.8) is 0 Å². The molecule has 0 saturated carbocycles. The molecule has 0 bridgehead atoms. The molecule has 1 aliphatic rings. The summed E-state index contributed by atoms with van der Waals surface area (Å²) in [6.07, 6.45) is 1.72. The minimum Gasteiger partial charge on any atom is -0.378 e. The number of anilines is 2. The van der Waals surface area contributed by atoms with E-state index in [1.54, 1.807) is 6.26 Å². The highest BCUT2D eigenvalue weighted by molar-refractivity contribution is 7.84. The average Bonchev–Trinajstić information content (AvgIpc) is 2.59. The second-order valence-corrected chi connectivity index (χ2v) is 7.48. The van der Waals surface area contributed by atoms with Crippen molar-refractivity contribution in [3.8, 4) is 0 Å². The molecule has 1 fully saturated rings. The standard InChI is InChI=1S/C16H22N4O2S/c1-12(23(2)21)11-17-15-16(20-7-9-22-10-8-20)19-14-6-4-3-5-13(14)18-15/h3-6,12H,7-11H2,1-2H3,(H,17,18)/t12-,23-/m0/s1. The normalized spacial score (nSPS) is 17.9. The van der Waals surface area contributed by atoms with Crippen LogP contribution < -0.4 is 10.2 Å². The van der Waals surface area contributed by atoms with Gasteiger partial charge >= 0.3 is 0 Å². The van der Waals surface area contributed by atoms with E-state index >= 15 is 0 Å². The number of nitrogens with one attached hydrogen (secondary N) is 1. The van der Waals surface area contributed by atoms with Gasteiger partial charge in [-0.3, -0.25) is 4.21 Å². The van der Waals surface area contributed by atoms with Crippen molar-refractivity contribution in [1.82, 2.24) is 9.97 Å². The fourth-order valence-corrected chi connectivity index (χ4v) is 2.78. The fraction of sp³-hybridized carbons (Fsp3) is 0.500. The largest absolute Gasteiger partial charge is 0.378 e. The second-order valence-electron chi connectivity index (χ2n) is 5.67. The van der Waals surface area contributed by atoms with E-state index in [0.717, 1.165) is 35.8 Å². The van der Waals surface area contributed by atoms with Crippen molar-refractivity contribution in [3.05, 3.63) is 24.3 Å². The van der Waals surface area contributed by atoms with Crippen LogP contribution in [0.3, 0.4) is 0 Å². The van der Waals surface area contributed by atoms with Gasteiger partial charge in [0.25, 0.3) is 0 Å². The van der Waals surface area contributed by atoms with Gasteiger partial charge in [-0.2, -0.15) is 0 Å². The monoisotopic (exact) mass is 334 g/mol. The molecular formula is C16H22N4O2S. The summed E-state index contributed by atoms with van der Waals surface area (Å²) in [7, 11) is -0.867. The summed E-state index contributed by atoms with van der Waals surface area (Å²) in [4.78, 5) is 11.7. The number of hydrogen-bond acceptors (Lipinski definition) is 6. The summed E-state index contributed by atoms with van der Waals surface area (Å²) >= 11 is 0. The van der Waals surface area contributed by atoms with Crippen molar-refractivity contribution in [2.24, 2.45) is 0 Å². The molecule has 3 rings (SSSR count). The minimum atomic E-state index is -0.867. The Hall–Kier alpha value is -1.73. The lowest BCUT2D eigenvalue weighted by Gasteiger charge is -2.29. The first-order chi connectivity index (χ1) is 11.1. The van der Waals surface area contributed by atoms with Crippen molar-refractivity contribution in [2.45, 2.75) is 12.2 Å². The van der Waals surface area contributed by atoms with Crippen LogP contribution in [0.4, 0.5) is 11.6 Å². The van der Waals surface area contributed by atoms with Crippen molar-refractivity contribution in [1.29, 1.82) is 0 Å². The number of para-hydroxylation sites is 2. The van der Waals surface area contributed by atoms with Crippen LogP contribution in [0.1, 0.15) is 6.92 Å². The third kappa shape index (κ3) is 3.79. The summed E-state index contributed by atoms with van der Waals surface area (Å²) in [5, 5.41) is 3.39. The van der Waals surface area contributed by atoms with Crippen LogP contribution in [0, 0.1) is 0 Å². The maximum atomic E-state index is 11.6. The van der Waals surface area contributed by atoms with Crippen LogP contribution in [0.5, 0.6) is 0 Å². The Morgan fingerprint density at radius 2 is 1.91 bits per heavy atom. The Labute approximate surface area is 138 Å². The molecule has 6 nitrogen and oxygen atoms in total. The Bertz CT molecular complexity index is 704. The zero-order valence-corrected chi connectivity index (χ0v) is 14.3. The van der Waals surface area contributed by atoms with E-state index < -0.39 is 10.8 Å². The van der Waals surface area contributed by atoms with Gasteiger partial charge < -0.3 is 15.0 Å². The Morgan fingerprint density at radius 1 is 1.26 bits per heavy atom. The lowest BCUT2D eigenvalue weighted by molar-refractivity contribution is 0.122. The van der Waals surface area contributed by atoms with E-state index in [9.17, 15) is 4.21 Å². The third-order valence-corrected chi connectivity index (χ3v) is 5.29. The van der Waals surface area contributed by atoms with E-state index in [2.05, 4.69) is 10.2 Å². The Morgan fingerprint density at radius 3 is 2.57 bits per heavy atom. The maximum Gasteiger partial charge on any atom is 0.172 e. The van der Waals surface area contributed by atoms with Crippen LogP contribution in [-0.4, -0.2) is 58.5 Å². The molecule has 7 heteroatoms. The number of rotatable bonds is 5. The van der Waals surface area contributed by atoms with Crippen LogP contribution in [0.2, 0.25) is 0 Å². The first-order valence-electron chi connectivity index (χ1n) is 7.80. The molecule has 1 aromatic carbocycles. The number of fused-ring (bicyclic) bond motifs is 1. The molecule has 124 valence electrons. The molecule has 2 aromatic rings. The van der Waals surface area contributed by atoms with Crippen molar-refractivity contribution in [2.75, 3.05) is 49.3 Å². The fourth-order valence-electron chi connectivity index (χ4n) is 2.46. The average molecular weight is 334 g/mol. The number of hydrogen-bond donors (Lipinski definition) is 1. The van der Waals surface area contributed by atoms with Crippen LogP contribution in [0.15, 0.2) is 24.3 Å². The number of benzene rings is 1. The molecule has 1 N–H and O–H groups in total. The first kappa shape index (κ1) is 16.1. The summed E-state index contributed by atoms with van der Waals surface area (Å²) in [6.45, 7) is 5.57. The molecule has 1 saturated heterocycles. The molecule has 2 atom stereocenters. The highest BCUT2D eigenvalue weighted by atomic mass is 32.2. The zero-order valence-electron chi connectivity index (χ0n) is 13.5. The van der Waals surface area contributed by atoms with Gasteiger partial charge in [0.2, 0.25) is 0 Å². The number of morpholine rings is 1. The molecule has 0 aliphatic carbocycles. The SMILES string of the molecule is C[C@@H](CNc1nc2ccccc2nc1N1CCOCC1)[S@](C)=O. The van der Waals surface area contributed by atoms with Gasteiger partial charge in [-0.05, 0) is 19.1 Å². The number of aromatic nitrogens is 2. The molecule has 0 spiro atoms.